The SMILES string of the molecule is COc1cccc2c1C1CN(CCCCC34C(=O)NC(=O)C3C3C=CC4[C@@H]4C=C[C@@H]34)C=C1CC2. The minimum Gasteiger partial charge on any atom is -0.496 e. The average Bonchev–Trinajstić information content (AvgIpc) is 3.35. The molecule has 7 aliphatic rings. The maximum Gasteiger partial charge on any atom is 0.234 e. The monoisotopic (exact) mass is 456 g/mol. The molecule has 1 aromatic rings. The maximum absolute atomic E-state index is 13.2. The van der Waals surface area contributed by atoms with Gasteiger partial charge in [-0.1, -0.05) is 42.9 Å². The molecular formula is C29H32N2O3. The highest BCUT2D eigenvalue weighted by atomic mass is 16.5. The Morgan fingerprint density at radius 2 is 1.91 bits per heavy atom. The zero-order chi connectivity index (χ0) is 23.0. The van der Waals surface area contributed by atoms with E-state index in [4.69, 9.17) is 4.74 Å². The molecule has 2 amide bonds. The lowest BCUT2D eigenvalue weighted by Crippen LogP contribution is -2.58. The van der Waals surface area contributed by atoms with Gasteiger partial charge in [0.15, 0.2) is 0 Å². The van der Waals surface area contributed by atoms with Crippen LogP contribution in [0.3, 0.4) is 0 Å². The summed E-state index contributed by atoms with van der Waals surface area (Å²) in [6.45, 7) is 2.01. The summed E-state index contributed by atoms with van der Waals surface area (Å²) in [6.07, 6.45) is 16.4. The number of imide groups is 1. The van der Waals surface area contributed by atoms with Gasteiger partial charge < -0.3 is 9.64 Å². The fourth-order valence-corrected chi connectivity index (χ4v) is 8.25. The predicted octanol–water partition coefficient (Wildman–Crippen LogP) is 3.97. The number of hydrogen-bond acceptors (Lipinski definition) is 4. The first-order valence-corrected chi connectivity index (χ1v) is 12.9. The van der Waals surface area contributed by atoms with Crippen molar-refractivity contribution in [2.24, 2.45) is 35.0 Å². The lowest BCUT2D eigenvalue weighted by atomic mass is 9.43. The molecule has 0 radical (unpaired) electrons. The van der Waals surface area contributed by atoms with E-state index >= 15 is 0 Å². The molecule has 2 fully saturated rings. The van der Waals surface area contributed by atoms with E-state index in [1.807, 2.05) is 0 Å². The van der Waals surface area contributed by atoms with Crippen LogP contribution in [0.1, 0.15) is 42.7 Å². The van der Waals surface area contributed by atoms with Crippen molar-refractivity contribution in [1.29, 1.82) is 0 Å². The number of hydrogen-bond donors (Lipinski definition) is 1. The number of unbranched alkanes of at least 4 members (excludes halogenated alkanes) is 1. The number of rotatable bonds is 6. The van der Waals surface area contributed by atoms with Gasteiger partial charge in [-0.15, -0.1) is 0 Å². The van der Waals surface area contributed by atoms with Crippen molar-refractivity contribution in [1.82, 2.24) is 10.2 Å². The summed E-state index contributed by atoms with van der Waals surface area (Å²) in [4.78, 5) is 28.5. The molecule has 1 N–H and O–H groups in total. The van der Waals surface area contributed by atoms with E-state index in [1.165, 1.54) is 16.7 Å². The topological polar surface area (TPSA) is 58.6 Å². The number of nitrogens with zero attached hydrogens (tertiary/aromatic N) is 1. The first kappa shape index (κ1) is 20.5. The zero-order valence-corrected chi connectivity index (χ0v) is 19.7. The Balaban J connectivity index is 1.04. The van der Waals surface area contributed by atoms with Gasteiger partial charge in [-0.25, -0.2) is 0 Å². The number of carbonyl (C=O) groups is 2. The Labute approximate surface area is 200 Å². The van der Waals surface area contributed by atoms with Gasteiger partial charge in [-0.3, -0.25) is 14.9 Å². The van der Waals surface area contributed by atoms with Crippen LogP contribution in [0.15, 0.2) is 54.3 Å². The third-order valence-electron chi connectivity index (χ3n) is 9.78. The number of nitrogens with one attached hydrogen (secondary N) is 1. The second-order valence-electron chi connectivity index (χ2n) is 11.1. The first-order chi connectivity index (χ1) is 16.6. The van der Waals surface area contributed by atoms with Crippen LogP contribution in [0.4, 0.5) is 0 Å². The van der Waals surface area contributed by atoms with E-state index in [0.717, 1.165) is 50.9 Å². The first-order valence-electron chi connectivity index (χ1n) is 12.9. The summed E-state index contributed by atoms with van der Waals surface area (Å²) in [5, 5.41) is 2.73. The lowest BCUT2D eigenvalue weighted by molar-refractivity contribution is -0.142. The molecule has 5 aliphatic carbocycles. The molecular weight excluding hydrogens is 424 g/mol. The second-order valence-corrected chi connectivity index (χ2v) is 11.1. The molecule has 0 spiro atoms. The summed E-state index contributed by atoms with van der Waals surface area (Å²) in [6, 6.07) is 6.43. The minimum atomic E-state index is -0.536. The van der Waals surface area contributed by atoms with Gasteiger partial charge in [-0.2, -0.15) is 0 Å². The van der Waals surface area contributed by atoms with Crippen molar-refractivity contribution in [2.75, 3.05) is 20.2 Å². The Morgan fingerprint density at radius 1 is 1.06 bits per heavy atom. The van der Waals surface area contributed by atoms with Crippen molar-refractivity contribution in [3.63, 3.8) is 0 Å². The van der Waals surface area contributed by atoms with Crippen molar-refractivity contribution in [3.8, 4) is 5.75 Å². The number of carbonyl (C=O) groups excluding carboxylic acids is 2. The van der Waals surface area contributed by atoms with Crippen LogP contribution in [-0.2, 0) is 16.0 Å². The van der Waals surface area contributed by atoms with Gasteiger partial charge in [0.2, 0.25) is 11.8 Å². The summed E-state index contributed by atoms with van der Waals surface area (Å²) < 4.78 is 5.70. The molecule has 34 heavy (non-hydrogen) atoms. The highest BCUT2D eigenvalue weighted by Gasteiger charge is 2.68. The van der Waals surface area contributed by atoms with Gasteiger partial charge in [0, 0.05) is 24.6 Å². The number of amides is 2. The van der Waals surface area contributed by atoms with Crippen LogP contribution in [0.25, 0.3) is 0 Å². The standard InChI is InChI=1S/C29H32N2O3/c1-34-24-6-4-5-17-7-8-18-15-31(16-22(18)25(17)24)14-3-2-13-29-23-12-11-21(19-9-10-20(19)23)26(29)27(32)30-28(29)33/h4-6,9-12,15,19-23,26H,2-3,7-8,13-14,16H2,1H3,(H,30,32,33)/t19-,20-,21?,22?,23?,26?,29?/m1/s1. The third kappa shape index (κ3) is 2.61. The minimum absolute atomic E-state index is 0.0152. The second kappa shape index (κ2) is 7.34. The molecule has 8 rings (SSSR count). The number of aryl methyl sites for hydroxylation is 1. The van der Waals surface area contributed by atoms with E-state index in [0.29, 0.717) is 17.8 Å². The molecule has 2 heterocycles. The van der Waals surface area contributed by atoms with Crippen LogP contribution in [0.5, 0.6) is 5.75 Å². The van der Waals surface area contributed by atoms with Crippen molar-refractivity contribution in [2.45, 2.75) is 38.0 Å². The van der Waals surface area contributed by atoms with Gasteiger partial charge in [-0.05, 0) is 72.8 Å². The number of fused-ring (bicyclic) bond motifs is 3. The third-order valence-corrected chi connectivity index (χ3v) is 9.78. The highest BCUT2D eigenvalue weighted by Crippen LogP contribution is 2.64. The smallest absolute Gasteiger partial charge is 0.234 e. The van der Waals surface area contributed by atoms with Gasteiger partial charge in [0.25, 0.3) is 0 Å². The Bertz CT molecular complexity index is 1150. The van der Waals surface area contributed by atoms with Crippen molar-refractivity contribution in [3.05, 3.63) is 65.4 Å². The largest absolute Gasteiger partial charge is 0.496 e. The summed E-state index contributed by atoms with van der Waals surface area (Å²) in [5.74, 6) is 2.46. The molecule has 1 saturated heterocycles. The number of ether oxygens (including phenoxy) is 1. The maximum atomic E-state index is 13.2. The normalized spacial score (nSPS) is 38.0. The number of methoxy groups -OCH3 is 1. The molecule has 2 bridgehead atoms. The van der Waals surface area contributed by atoms with Crippen LogP contribution in [0, 0.1) is 35.0 Å². The fourth-order valence-electron chi connectivity index (χ4n) is 8.25. The molecule has 176 valence electrons. The van der Waals surface area contributed by atoms with Crippen LogP contribution >= 0.6 is 0 Å². The Kier molecular flexibility index (Phi) is 4.43. The molecule has 7 atom stereocenters. The van der Waals surface area contributed by atoms with Crippen molar-refractivity contribution >= 4 is 11.8 Å². The van der Waals surface area contributed by atoms with Gasteiger partial charge in [0.05, 0.1) is 18.4 Å². The molecule has 5 unspecified atom stereocenters. The summed E-state index contributed by atoms with van der Waals surface area (Å²) in [5.41, 5.74) is 3.79. The Morgan fingerprint density at radius 3 is 2.74 bits per heavy atom. The van der Waals surface area contributed by atoms with Crippen LogP contribution in [-0.4, -0.2) is 36.9 Å². The van der Waals surface area contributed by atoms with Crippen LogP contribution in [0.2, 0.25) is 0 Å². The van der Waals surface area contributed by atoms with Gasteiger partial charge >= 0.3 is 0 Å². The molecule has 1 saturated carbocycles. The van der Waals surface area contributed by atoms with E-state index < -0.39 is 5.41 Å². The van der Waals surface area contributed by atoms with E-state index in [1.54, 1.807) is 7.11 Å². The molecule has 0 aromatic heterocycles. The number of allylic oxidation sites excluding steroid dienone is 4. The van der Waals surface area contributed by atoms with Gasteiger partial charge in [0.1, 0.15) is 5.75 Å². The zero-order valence-electron chi connectivity index (χ0n) is 19.7. The summed E-state index contributed by atoms with van der Waals surface area (Å²) in [7, 11) is 1.77. The van der Waals surface area contributed by atoms with Crippen LogP contribution < -0.4 is 10.1 Å². The fraction of sp³-hybridized carbons (Fsp3) is 0.517. The highest BCUT2D eigenvalue weighted by molar-refractivity contribution is 6.08. The predicted molar refractivity (Wildman–Crippen MR) is 129 cm³/mol. The lowest BCUT2D eigenvalue weighted by Gasteiger charge is -2.57. The van der Waals surface area contributed by atoms with E-state index in [2.05, 4.69) is 58.9 Å². The molecule has 2 aliphatic heterocycles. The quantitative estimate of drug-likeness (QED) is 0.400. The molecule has 1 aromatic carbocycles. The molecule has 5 nitrogen and oxygen atoms in total. The number of benzene rings is 1. The van der Waals surface area contributed by atoms with E-state index in [9.17, 15) is 9.59 Å². The summed E-state index contributed by atoms with van der Waals surface area (Å²) >= 11 is 0. The Hall–Kier alpha value is -2.82. The van der Waals surface area contributed by atoms with Crippen molar-refractivity contribution < 1.29 is 14.3 Å². The average molecular weight is 457 g/mol. The molecule has 5 heteroatoms. The van der Waals surface area contributed by atoms with E-state index in [-0.39, 0.29) is 29.6 Å².